The van der Waals surface area contributed by atoms with Gasteiger partial charge in [-0.15, -0.1) is 0 Å². The maximum Gasteiger partial charge on any atom is 0.0499 e. The molecule has 72 valence electrons. The molecule has 0 saturated heterocycles. The average molecular weight is 171 g/mol. The molecule has 0 atom stereocenters. The molecule has 0 spiro atoms. The highest BCUT2D eigenvalue weighted by Gasteiger charge is 2.28. The third kappa shape index (κ3) is 2.46. The van der Waals surface area contributed by atoms with Crippen molar-refractivity contribution in [1.82, 2.24) is 5.32 Å². The fourth-order valence-corrected chi connectivity index (χ4v) is 1.43. The SMILES string of the molecule is CCC(CC)(CO)CNC1CC1. The van der Waals surface area contributed by atoms with E-state index in [1.165, 1.54) is 12.8 Å². The van der Waals surface area contributed by atoms with Crippen molar-refractivity contribution in [1.29, 1.82) is 0 Å². The molecule has 2 N–H and O–H groups in total. The zero-order chi connectivity index (χ0) is 9.03. The van der Waals surface area contributed by atoms with Crippen molar-refractivity contribution < 1.29 is 5.11 Å². The Labute approximate surface area is 75.4 Å². The lowest BCUT2D eigenvalue weighted by Crippen LogP contribution is -2.37. The molecule has 12 heavy (non-hydrogen) atoms. The summed E-state index contributed by atoms with van der Waals surface area (Å²) >= 11 is 0. The predicted octanol–water partition coefficient (Wildman–Crippen LogP) is 1.54. The van der Waals surface area contributed by atoms with Crippen molar-refractivity contribution in [3.05, 3.63) is 0 Å². The number of nitrogens with one attached hydrogen (secondary N) is 1. The van der Waals surface area contributed by atoms with Crippen LogP contribution in [0.25, 0.3) is 0 Å². The van der Waals surface area contributed by atoms with Crippen molar-refractivity contribution in [2.75, 3.05) is 13.2 Å². The molecule has 0 aliphatic heterocycles. The van der Waals surface area contributed by atoms with Gasteiger partial charge < -0.3 is 10.4 Å². The molecule has 2 heteroatoms. The Hall–Kier alpha value is -0.0800. The van der Waals surface area contributed by atoms with Gasteiger partial charge in [-0.05, 0) is 25.7 Å². The molecule has 1 aliphatic rings. The van der Waals surface area contributed by atoms with Crippen molar-refractivity contribution in [2.45, 2.75) is 45.6 Å². The maximum absolute atomic E-state index is 9.27. The summed E-state index contributed by atoms with van der Waals surface area (Å²) in [5.41, 5.74) is 0.141. The highest BCUT2D eigenvalue weighted by atomic mass is 16.3. The van der Waals surface area contributed by atoms with Gasteiger partial charge in [0.05, 0.1) is 0 Å². The molecule has 0 aromatic rings. The minimum Gasteiger partial charge on any atom is -0.396 e. The number of rotatable bonds is 6. The van der Waals surface area contributed by atoms with Crippen molar-refractivity contribution in [2.24, 2.45) is 5.41 Å². The van der Waals surface area contributed by atoms with Crippen LogP contribution < -0.4 is 5.32 Å². The van der Waals surface area contributed by atoms with Crippen molar-refractivity contribution >= 4 is 0 Å². The Kier molecular flexibility index (Phi) is 3.53. The Morgan fingerprint density at radius 1 is 1.33 bits per heavy atom. The minimum absolute atomic E-state index is 0.141. The van der Waals surface area contributed by atoms with Crippen LogP contribution in [0.3, 0.4) is 0 Å². The van der Waals surface area contributed by atoms with Gasteiger partial charge in [-0.2, -0.15) is 0 Å². The second-order valence-electron chi connectivity index (χ2n) is 4.02. The lowest BCUT2D eigenvalue weighted by molar-refractivity contribution is 0.113. The molecule has 0 heterocycles. The highest BCUT2D eigenvalue weighted by Crippen LogP contribution is 2.27. The van der Waals surface area contributed by atoms with Crippen molar-refractivity contribution in [3.8, 4) is 0 Å². The van der Waals surface area contributed by atoms with Gasteiger partial charge in [0.25, 0.3) is 0 Å². The summed E-state index contributed by atoms with van der Waals surface area (Å²) in [7, 11) is 0. The first-order chi connectivity index (χ1) is 5.76. The molecule has 2 nitrogen and oxygen atoms in total. The Morgan fingerprint density at radius 2 is 1.92 bits per heavy atom. The highest BCUT2D eigenvalue weighted by molar-refractivity contribution is 4.86. The number of aliphatic hydroxyl groups is 1. The fraction of sp³-hybridized carbons (Fsp3) is 1.00. The quantitative estimate of drug-likeness (QED) is 0.635. The molecule has 0 aromatic carbocycles. The van der Waals surface area contributed by atoms with E-state index in [-0.39, 0.29) is 5.41 Å². The van der Waals surface area contributed by atoms with E-state index >= 15 is 0 Å². The molecule has 1 aliphatic carbocycles. The average Bonchev–Trinajstić information content (AvgIpc) is 2.92. The third-order valence-electron chi connectivity index (χ3n) is 3.18. The number of hydrogen-bond donors (Lipinski definition) is 2. The monoisotopic (exact) mass is 171 g/mol. The maximum atomic E-state index is 9.27. The van der Waals surface area contributed by atoms with E-state index in [2.05, 4.69) is 19.2 Å². The first-order valence-electron chi connectivity index (χ1n) is 5.10. The Balaban J connectivity index is 2.28. The number of hydrogen-bond acceptors (Lipinski definition) is 2. The van der Waals surface area contributed by atoms with E-state index in [1.54, 1.807) is 0 Å². The first kappa shape index (κ1) is 10.0. The Morgan fingerprint density at radius 3 is 2.25 bits per heavy atom. The van der Waals surface area contributed by atoms with Gasteiger partial charge in [-0.1, -0.05) is 13.8 Å². The first-order valence-corrected chi connectivity index (χ1v) is 5.10. The number of aliphatic hydroxyl groups excluding tert-OH is 1. The summed E-state index contributed by atoms with van der Waals surface area (Å²) in [5.74, 6) is 0. The van der Waals surface area contributed by atoms with E-state index in [4.69, 9.17) is 0 Å². The van der Waals surface area contributed by atoms with Gasteiger partial charge in [0.1, 0.15) is 0 Å². The summed E-state index contributed by atoms with van der Waals surface area (Å²) in [5, 5.41) is 12.8. The van der Waals surface area contributed by atoms with Gasteiger partial charge >= 0.3 is 0 Å². The molecule has 1 saturated carbocycles. The van der Waals surface area contributed by atoms with E-state index in [0.29, 0.717) is 6.61 Å². The van der Waals surface area contributed by atoms with Gasteiger partial charge in [0.2, 0.25) is 0 Å². The second kappa shape index (κ2) is 4.24. The summed E-state index contributed by atoms with van der Waals surface area (Å²) in [6.45, 7) is 5.63. The molecule has 0 amide bonds. The summed E-state index contributed by atoms with van der Waals surface area (Å²) < 4.78 is 0. The molecule has 0 bridgehead atoms. The van der Waals surface area contributed by atoms with Crippen LogP contribution in [0.15, 0.2) is 0 Å². The van der Waals surface area contributed by atoms with Crippen LogP contribution in [0.5, 0.6) is 0 Å². The normalized spacial score (nSPS) is 18.2. The topological polar surface area (TPSA) is 32.3 Å². The van der Waals surface area contributed by atoms with E-state index in [0.717, 1.165) is 25.4 Å². The summed E-state index contributed by atoms with van der Waals surface area (Å²) in [4.78, 5) is 0. The fourth-order valence-electron chi connectivity index (χ4n) is 1.43. The standard InChI is InChI=1S/C10H21NO/c1-3-10(4-2,8-12)7-11-9-5-6-9/h9,11-12H,3-8H2,1-2H3. The van der Waals surface area contributed by atoms with Crippen LogP contribution in [0.2, 0.25) is 0 Å². The van der Waals surface area contributed by atoms with E-state index < -0.39 is 0 Å². The lowest BCUT2D eigenvalue weighted by atomic mass is 9.83. The lowest BCUT2D eigenvalue weighted by Gasteiger charge is -2.29. The van der Waals surface area contributed by atoms with Gasteiger partial charge in [0.15, 0.2) is 0 Å². The van der Waals surface area contributed by atoms with Crippen LogP contribution in [0.4, 0.5) is 0 Å². The van der Waals surface area contributed by atoms with Crippen LogP contribution in [0.1, 0.15) is 39.5 Å². The zero-order valence-electron chi connectivity index (χ0n) is 8.27. The largest absolute Gasteiger partial charge is 0.396 e. The Bertz CT molecular complexity index is 120. The van der Waals surface area contributed by atoms with Crippen LogP contribution >= 0.6 is 0 Å². The molecular formula is C10H21NO. The molecular weight excluding hydrogens is 150 g/mol. The molecule has 0 unspecified atom stereocenters. The smallest absolute Gasteiger partial charge is 0.0499 e. The van der Waals surface area contributed by atoms with Crippen molar-refractivity contribution in [3.63, 3.8) is 0 Å². The molecule has 0 aromatic heterocycles. The van der Waals surface area contributed by atoms with Crippen LogP contribution in [-0.4, -0.2) is 24.3 Å². The van der Waals surface area contributed by atoms with Crippen LogP contribution in [-0.2, 0) is 0 Å². The molecule has 1 fully saturated rings. The molecule has 0 radical (unpaired) electrons. The third-order valence-corrected chi connectivity index (χ3v) is 3.18. The van der Waals surface area contributed by atoms with Gasteiger partial charge in [-0.25, -0.2) is 0 Å². The van der Waals surface area contributed by atoms with Gasteiger partial charge in [-0.3, -0.25) is 0 Å². The van der Waals surface area contributed by atoms with Gasteiger partial charge in [0, 0.05) is 24.6 Å². The van der Waals surface area contributed by atoms with E-state index in [9.17, 15) is 5.11 Å². The minimum atomic E-state index is 0.141. The zero-order valence-corrected chi connectivity index (χ0v) is 8.27. The molecule has 1 rings (SSSR count). The van der Waals surface area contributed by atoms with E-state index in [1.807, 2.05) is 0 Å². The predicted molar refractivity (Wildman–Crippen MR) is 51.1 cm³/mol. The summed E-state index contributed by atoms with van der Waals surface area (Å²) in [6.07, 6.45) is 4.79. The second-order valence-corrected chi connectivity index (χ2v) is 4.02. The van der Waals surface area contributed by atoms with Crippen LogP contribution in [0, 0.1) is 5.41 Å². The summed E-state index contributed by atoms with van der Waals surface area (Å²) in [6, 6.07) is 0.758.